The van der Waals surface area contributed by atoms with Crippen molar-refractivity contribution >= 4 is 27.7 Å². The van der Waals surface area contributed by atoms with Crippen LogP contribution in [-0.4, -0.2) is 35.8 Å². The standard InChI is InChI=1S/C20H21BrN2O2/c1-14-2-4-16(5-3-14)20(25)23-12-10-18(11-13-23)22-19(24)15-6-8-17(21)9-7-15/h2-9,18H,10-13H2,1H3,(H,22,24). The van der Waals surface area contributed by atoms with E-state index in [4.69, 9.17) is 0 Å². The number of nitrogens with zero attached hydrogens (tertiary/aromatic N) is 1. The number of halogens is 1. The first-order valence-electron chi connectivity index (χ1n) is 8.45. The lowest BCUT2D eigenvalue weighted by atomic mass is 10.0. The lowest BCUT2D eigenvalue weighted by Gasteiger charge is -2.32. The fraction of sp³-hybridized carbons (Fsp3) is 0.300. The summed E-state index contributed by atoms with van der Waals surface area (Å²) in [4.78, 5) is 26.7. The van der Waals surface area contributed by atoms with Gasteiger partial charge in [-0.1, -0.05) is 33.6 Å². The average Bonchev–Trinajstić information content (AvgIpc) is 2.63. The Hall–Kier alpha value is -2.14. The second-order valence-corrected chi connectivity index (χ2v) is 7.33. The monoisotopic (exact) mass is 400 g/mol. The van der Waals surface area contributed by atoms with E-state index in [1.165, 1.54) is 0 Å². The van der Waals surface area contributed by atoms with Gasteiger partial charge in [0.2, 0.25) is 0 Å². The van der Waals surface area contributed by atoms with Gasteiger partial charge in [0, 0.05) is 34.7 Å². The molecule has 0 unspecified atom stereocenters. The Bertz CT molecular complexity index is 748. The summed E-state index contributed by atoms with van der Waals surface area (Å²) in [7, 11) is 0. The molecule has 1 fully saturated rings. The normalized spacial score (nSPS) is 15.0. The number of rotatable bonds is 3. The van der Waals surface area contributed by atoms with Crippen molar-refractivity contribution in [1.29, 1.82) is 0 Å². The summed E-state index contributed by atoms with van der Waals surface area (Å²) in [5, 5.41) is 3.07. The number of nitrogens with one attached hydrogen (secondary N) is 1. The predicted molar refractivity (Wildman–Crippen MR) is 102 cm³/mol. The molecule has 5 heteroatoms. The van der Waals surface area contributed by atoms with Crippen molar-refractivity contribution in [2.75, 3.05) is 13.1 Å². The summed E-state index contributed by atoms with van der Waals surface area (Å²) in [6.07, 6.45) is 1.56. The zero-order valence-corrected chi connectivity index (χ0v) is 15.8. The van der Waals surface area contributed by atoms with E-state index in [0.29, 0.717) is 18.7 Å². The predicted octanol–water partition coefficient (Wildman–Crippen LogP) is 3.79. The summed E-state index contributed by atoms with van der Waals surface area (Å²) in [6.45, 7) is 3.34. The third-order valence-electron chi connectivity index (χ3n) is 4.52. The van der Waals surface area contributed by atoms with Crippen LogP contribution in [0, 0.1) is 6.92 Å². The van der Waals surface area contributed by atoms with Crippen LogP contribution in [0.3, 0.4) is 0 Å². The van der Waals surface area contributed by atoms with E-state index in [0.717, 1.165) is 28.4 Å². The van der Waals surface area contributed by atoms with Gasteiger partial charge in [0.05, 0.1) is 0 Å². The smallest absolute Gasteiger partial charge is 0.253 e. The van der Waals surface area contributed by atoms with Gasteiger partial charge < -0.3 is 10.2 Å². The van der Waals surface area contributed by atoms with Gasteiger partial charge in [0.25, 0.3) is 11.8 Å². The van der Waals surface area contributed by atoms with Crippen molar-refractivity contribution in [1.82, 2.24) is 10.2 Å². The molecule has 0 saturated carbocycles. The number of benzene rings is 2. The van der Waals surface area contributed by atoms with Gasteiger partial charge in [0.1, 0.15) is 0 Å². The molecular formula is C20H21BrN2O2. The number of aryl methyl sites for hydroxylation is 1. The van der Waals surface area contributed by atoms with Crippen LogP contribution >= 0.6 is 15.9 Å². The van der Waals surface area contributed by atoms with E-state index in [1.807, 2.05) is 48.2 Å². The minimum absolute atomic E-state index is 0.0594. The number of amides is 2. The number of carbonyl (C=O) groups is 2. The second-order valence-electron chi connectivity index (χ2n) is 6.41. The number of carbonyl (C=O) groups excluding carboxylic acids is 2. The first-order chi connectivity index (χ1) is 12.0. The minimum atomic E-state index is -0.0594. The Labute approximate surface area is 156 Å². The Morgan fingerprint density at radius 1 is 0.960 bits per heavy atom. The molecule has 1 N–H and O–H groups in total. The van der Waals surface area contributed by atoms with Crippen LogP contribution in [0.5, 0.6) is 0 Å². The van der Waals surface area contributed by atoms with Crippen molar-refractivity contribution in [2.24, 2.45) is 0 Å². The van der Waals surface area contributed by atoms with E-state index in [2.05, 4.69) is 21.2 Å². The van der Waals surface area contributed by atoms with Crippen molar-refractivity contribution in [2.45, 2.75) is 25.8 Å². The van der Waals surface area contributed by atoms with E-state index >= 15 is 0 Å². The summed E-state index contributed by atoms with van der Waals surface area (Å²) in [6, 6.07) is 15.1. The van der Waals surface area contributed by atoms with Crippen LogP contribution < -0.4 is 5.32 Å². The highest BCUT2D eigenvalue weighted by molar-refractivity contribution is 9.10. The molecule has 25 heavy (non-hydrogen) atoms. The molecule has 2 aromatic carbocycles. The third-order valence-corrected chi connectivity index (χ3v) is 5.05. The molecular weight excluding hydrogens is 380 g/mol. The number of likely N-dealkylation sites (tertiary alicyclic amines) is 1. The number of hydrogen-bond donors (Lipinski definition) is 1. The second kappa shape index (κ2) is 7.83. The van der Waals surface area contributed by atoms with E-state index in [1.54, 1.807) is 12.1 Å². The Morgan fingerprint density at radius 2 is 1.52 bits per heavy atom. The van der Waals surface area contributed by atoms with Crippen molar-refractivity contribution < 1.29 is 9.59 Å². The molecule has 1 saturated heterocycles. The topological polar surface area (TPSA) is 49.4 Å². The number of piperidine rings is 1. The molecule has 2 aromatic rings. The van der Waals surface area contributed by atoms with Gasteiger partial charge in [-0.3, -0.25) is 9.59 Å². The third kappa shape index (κ3) is 4.48. The van der Waals surface area contributed by atoms with E-state index < -0.39 is 0 Å². The van der Waals surface area contributed by atoms with Gasteiger partial charge >= 0.3 is 0 Å². The van der Waals surface area contributed by atoms with E-state index in [9.17, 15) is 9.59 Å². The van der Waals surface area contributed by atoms with Crippen LogP contribution in [-0.2, 0) is 0 Å². The fourth-order valence-corrected chi connectivity index (χ4v) is 3.24. The molecule has 1 aliphatic rings. The molecule has 0 radical (unpaired) electrons. The van der Waals surface area contributed by atoms with Gasteiger partial charge in [-0.15, -0.1) is 0 Å². The summed E-state index contributed by atoms with van der Waals surface area (Å²) >= 11 is 3.37. The lowest BCUT2D eigenvalue weighted by Crippen LogP contribution is -2.46. The zero-order valence-electron chi connectivity index (χ0n) is 14.2. The fourth-order valence-electron chi connectivity index (χ4n) is 2.98. The Kier molecular flexibility index (Phi) is 5.53. The van der Waals surface area contributed by atoms with Crippen LogP contribution in [0.4, 0.5) is 0 Å². The highest BCUT2D eigenvalue weighted by Gasteiger charge is 2.24. The molecule has 130 valence electrons. The van der Waals surface area contributed by atoms with Crippen molar-refractivity contribution in [3.8, 4) is 0 Å². The molecule has 3 rings (SSSR count). The van der Waals surface area contributed by atoms with Crippen molar-refractivity contribution in [3.63, 3.8) is 0 Å². The van der Waals surface area contributed by atoms with Crippen molar-refractivity contribution in [3.05, 3.63) is 69.7 Å². The molecule has 0 aliphatic carbocycles. The van der Waals surface area contributed by atoms with Gasteiger partial charge in [-0.05, 0) is 56.2 Å². The first kappa shape index (κ1) is 17.7. The quantitative estimate of drug-likeness (QED) is 0.851. The van der Waals surface area contributed by atoms with E-state index in [-0.39, 0.29) is 17.9 Å². The maximum absolute atomic E-state index is 12.5. The van der Waals surface area contributed by atoms with Crippen LogP contribution in [0.25, 0.3) is 0 Å². The highest BCUT2D eigenvalue weighted by Crippen LogP contribution is 2.16. The van der Waals surface area contributed by atoms with Gasteiger partial charge in [-0.25, -0.2) is 0 Å². The van der Waals surface area contributed by atoms with Gasteiger partial charge in [-0.2, -0.15) is 0 Å². The lowest BCUT2D eigenvalue weighted by molar-refractivity contribution is 0.0698. The molecule has 4 nitrogen and oxygen atoms in total. The molecule has 0 spiro atoms. The first-order valence-corrected chi connectivity index (χ1v) is 9.24. The summed E-state index contributed by atoms with van der Waals surface area (Å²) in [5.41, 5.74) is 2.52. The SMILES string of the molecule is Cc1ccc(C(=O)N2CCC(NC(=O)c3ccc(Br)cc3)CC2)cc1. The maximum Gasteiger partial charge on any atom is 0.253 e. The summed E-state index contributed by atoms with van der Waals surface area (Å²) in [5.74, 6) is 0.00787. The molecule has 0 bridgehead atoms. The van der Waals surface area contributed by atoms with Gasteiger partial charge in [0.15, 0.2) is 0 Å². The summed E-state index contributed by atoms with van der Waals surface area (Å²) < 4.78 is 0.951. The van der Waals surface area contributed by atoms with Crippen LogP contribution in [0.15, 0.2) is 53.0 Å². The average molecular weight is 401 g/mol. The Balaban J connectivity index is 1.53. The minimum Gasteiger partial charge on any atom is -0.349 e. The van der Waals surface area contributed by atoms with Crippen LogP contribution in [0.1, 0.15) is 39.1 Å². The molecule has 0 atom stereocenters. The molecule has 2 amide bonds. The number of hydrogen-bond acceptors (Lipinski definition) is 2. The molecule has 0 aromatic heterocycles. The zero-order chi connectivity index (χ0) is 17.8. The maximum atomic E-state index is 12.5. The largest absolute Gasteiger partial charge is 0.349 e. The molecule has 1 heterocycles. The van der Waals surface area contributed by atoms with Crippen LogP contribution in [0.2, 0.25) is 0 Å². The highest BCUT2D eigenvalue weighted by atomic mass is 79.9. The molecule has 1 aliphatic heterocycles. The Morgan fingerprint density at radius 3 is 2.12 bits per heavy atom.